The standard InChI is InChI=1S/C11H16FN3/c1-15-11(13)9(12)10(14-15)7-3-2-6-4-8(6)5-7/h6-8H,2-5,13H2,1H3/t6-,7?,8-/m0/s1. The summed E-state index contributed by atoms with van der Waals surface area (Å²) in [6.07, 6.45) is 4.78. The first kappa shape index (κ1) is 9.19. The van der Waals surface area contributed by atoms with Crippen molar-refractivity contribution < 1.29 is 4.39 Å². The molecule has 2 fully saturated rings. The Bertz CT molecular complexity index is 399. The van der Waals surface area contributed by atoms with E-state index in [2.05, 4.69) is 5.10 Å². The summed E-state index contributed by atoms with van der Waals surface area (Å²) >= 11 is 0. The Morgan fingerprint density at radius 3 is 2.73 bits per heavy atom. The van der Waals surface area contributed by atoms with E-state index in [0.29, 0.717) is 11.6 Å². The molecule has 82 valence electrons. The van der Waals surface area contributed by atoms with E-state index in [4.69, 9.17) is 5.73 Å². The van der Waals surface area contributed by atoms with Gasteiger partial charge in [0.25, 0.3) is 0 Å². The van der Waals surface area contributed by atoms with Gasteiger partial charge in [0.05, 0.1) is 0 Å². The number of nitrogen functional groups attached to an aromatic ring is 1. The second-order valence-corrected chi connectivity index (χ2v) is 4.97. The molecule has 15 heavy (non-hydrogen) atoms. The molecule has 1 heterocycles. The third-order valence-corrected chi connectivity index (χ3v) is 3.99. The number of halogens is 1. The number of nitrogens with zero attached hydrogens (tertiary/aromatic N) is 2. The third-order valence-electron chi connectivity index (χ3n) is 3.99. The molecule has 2 N–H and O–H groups in total. The van der Waals surface area contributed by atoms with E-state index in [9.17, 15) is 4.39 Å². The van der Waals surface area contributed by atoms with Crippen molar-refractivity contribution in [1.29, 1.82) is 0 Å². The van der Waals surface area contributed by atoms with E-state index in [-0.39, 0.29) is 11.6 Å². The molecule has 4 heteroatoms. The summed E-state index contributed by atoms with van der Waals surface area (Å²) in [4.78, 5) is 0. The van der Waals surface area contributed by atoms with Crippen LogP contribution in [0.3, 0.4) is 0 Å². The third kappa shape index (κ3) is 1.34. The van der Waals surface area contributed by atoms with Crippen molar-refractivity contribution in [3.63, 3.8) is 0 Å². The monoisotopic (exact) mass is 209 g/mol. The highest BCUT2D eigenvalue weighted by atomic mass is 19.1. The van der Waals surface area contributed by atoms with Gasteiger partial charge in [-0.05, 0) is 37.5 Å². The molecule has 0 amide bonds. The van der Waals surface area contributed by atoms with E-state index in [1.54, 1.807) is 7.05 Å². The minimum atomic E-state index is -0.290. The number of aryl methyl sites for hydroxylation is 1. The van der Waals surface area contributed by atoms with Gasteiger partial charge in [-0.25, -0.2) is 4.39 Å². The van der Waals surface area contributed by atoms with E-state index in [1.807, 2.05) is 0 Å². The van der Waals surface area contributed by atoms with Crippen molar-refractivity contribution in [2.45, 2.75) is 31.6 Å². The van der Waals surface area contributed by atoms with Crippen molar-refractivity contribution in [2.75, 3.05) is 5.73 Å². The Morgan fingerprint density at radius 1 is 1.33 bits per heavy atom. The molecule has 0 spiro atoms. The predicted octanol–water partition coefficient (Wildman–Crippen LogP) is 2.04. The molecule has 0 aliphatic heterocycles. The quantitative estimate of drug-likeness (QED) is 0.769. The summed E-state index contributed by atoms with van der Waals surface area (Å²) in [5.41, 5.74) is 6.18. The zero-order valence-corrected chi connectivity index (χ0v) is 8.91. The normalized spacial score (nSPS) is 33.9. The van der Waals surface area contributed by atoms with Crippen LogP contribution < -0.4 is 5.73 Å². The van der Waals surface area contributed by atoms with Gasteiger partial charge in [-0.3, -0.25) is 4.68 Å². The molecule has 3 atom stereocenters. The fourth-order valence-electron chi connectivity index (χ4n) is 2.89. The molecule has 1 aromatic heterocycles. The molecule has 3 rings (SSSR count). The van der Waals surface area contributed by atoms with Crippen molar-refractivity contribution >= 4 is 5.82 Å². The minimum absolute atomic E-state index is 0.169. The van der Waals surface area contributed by atoms with Gasteiger partial charge < -0.3 is 5.73 Å². The van der Waals surface area contributed by atoms with Gasteiger partial charge in [0.2, 0.25) is 0 Å². The lowest BCUT2D eigenvalue weighted by molar-refractivity contribution is 0.404. The van der Waals surface area contributed by atoms with Gasteiger partial charge in [-0.1, -0.05) is 0 Å². The van der Waals surface area contributed by atoms with Crippen molar-refractivity contribution in [2.24, 2.45) is 18.9 Å². The van der Waals surface area contributed by atoms with E-state index >= 15 is 0 Å². The van der Waals surface area contributed by atoms with E-state index < -0.39 is 0 Å². The number of nitrogens with two attached hydrogens (primary N) is 1. The maximum atomic E-state index is 13.7. The molecular weight excluding hydrogens is 193 g/mol. The summed E-state index contributed by atoms with van der Waals surface area (Å²) in [5.74, 6) is 1.96. The second-order valence-electron chi connectivity index (χ2n) is 4.97. The number of rotatable bonds is 1. The molecule has 2 saturated carbocycles. The number of hydrogen-bond acceptors (Lipinski definition) is 2. The van der Waals surface area contributed by atoms with Crippen molar-refractivity contribution in [3.8, 4) is 0 Å². The molecule has 0 bridgehead atoms. The molecule has 2 aliphatic carbocycles. The Kier molecular flexibility index (Phi) is 1.82. The highest BCUT2D eigenvalue weighted by Gasteiger charge is 2.43. The van der Waals surface area contributed by atoms with E-state index in [0.717, 1.165) is 24.7 Å². The van der Waals surface area contributed by atoms with Crippen LogP contribution >= 0.6 is 0 Å². The summed E-state index contributed by atoms with van der Waals surface area (Å²) < 4.78 is 15.2. The lowest BCUT2D eigenvalue weighted by Crippen LogP contribution is -2.09. The van der Waals surface area contributed by atoms with Crippen molar-refractivity contribution in [3.05, 3.63) is 11.5 Å². The summed E-state index contributed by atoms with van der Waals surface area (Å²) in [5, 5.41) is 4.20. The average molecular weight is 209 g/mol. The molecule has 1 unspecified atom stereocenters. The average Bonchev–Trinajstić information content (AvgIpc) is 2.96. The van der Waals surface area contributed by atoms with Gasteiger partial charge >= 0.3 is 0 Å². The Balaban J connectivity index is 1.88. The first-order chi connectivity index (χ1) is 7.16. The molecule has 0 radical (unpaired) electrons. The zero-order chi connectivity index (χ0) is 10.6. The first-order valence-corrected chi connectivity index (χ1v) is 5.64. The molecule has 0 aromatic carbocycles. The Labute approximate surface area is 88.5 Å². The van der Waals surface area contributed by atoms with Gasteiger partial charge in [0.15, 0.2) is 11.6 Å². The van der Waals surface area contributed by atoms with Crippen LogP contribution in [0.1, 0.15) is 37.3 Å². The number of fused-ring (bicyclic) bond motifs is 1. The molecule has 0 saturated heterocycles. The fourth-order valence-corrected chi connectivity index (χ4v) is 2.89. The van der Waals surface area contributed by atoms with Crippen LogP contribution in [0.5, 0.6) is 0 Å². The van der Waals surface area contributed by atoms with Crippen LogP contribution in [0, 0.1) is 17.7 Å². The topological polar surface area (TPSA) is 43.8 Å². The maximum Gasteiger partial charge on any atom is 0.188 e. The summed E-state index contributed by atoms with van der Waals surface area (Å²) in [7, 11) is 1.70. The second kappa shape index (κ2) is 2.97. The SMILES string of the molecule is Cn1nc(C2CC[C@H]3C[C@H]3C2)c(F)c1N. The number of anilines is 1. The van der Waals surface area contributed by atoms with Gasteiger partial charge in [-0.15, -0.1) is 0 Å². The van der Waals surface area contributed by atoms with Crippen LogP contribution in [0.2, 0.25) is 0 Å². The van der Waals surface area contributed by atoms with Gasteiger partial charge in [0.1, 0.15) is 5.69 Å². The smallest absolute Gasteiger partial charge is 0.188 e. The van der Waals surface area contributed by atoms with Crippen LogP contribution in [-0.4, -0.2) is 9.78 Å². The Morgan fingerprint density at radius 2 is 2.13 bits per heavy atom. The molecule has 2 aliphatic rings. The van der Waals surface area contributed by atoms with Crippen molar-refractivity contribution in [1.82, 2.24) is 9.78 Å². The van der Waals surface area contributed by atoms with E-state index in [1.165, 1.54) is 17.5 Å². The minimum Gasteiger partial charge on any atom is -0.381 e. The van der Waals surface area contributed by atoms with Gasteiger partial charge in [0, 0.05) is 13.0 Å². The predicted molar refractivity (Wildman–Crippen MR) is 55.8 cm³/mol. The Hall–Kier alpha value is -1.06. The summed E-state index contributed by atoms with van der Waals surface area (Å²) in [6.45, 7) is 0. The zero-order valence-electron chi connectivity index (χ0n) is 8.91. The van der Waals surface area contributed by atoms with Crippen LogP contribution in [-0.2, 0) is 7.05 Å². The van der Waals surface area contributed by atoms with Crippen LogP contribution in [0.4, 0.5) is 10.2 Å². The molecule has 3 nitrogen and oxygen atoms in total. The molecule has 1 aromatic rings. The van der Waals surface area contributed by atoms with Crippen LogP contribution in [0.25, 0.3) is 0 Å². The highest BCUT2D eigenvalue weighted by Crippen LogP contribution is 2.54. The maximum absolute atomic E-state index is 13.7. The van der Waals surface area contributed by atoms with Crippen LogP contribution in [0.15, 0.2) is 0 Å². The fraction of sp³-hybridized carbons (Fsp3) is 0.727. The lowest BCUT2D eigenvalue weighted by atomic mass is 9.87. The first-order valence-electron chi connectivity index (χ1n) is 5.64. The molecular formula is C11H16FN3. The largest absolute Gasteiger partial charge is 0.381 e. The highest BCUT2D eigenvalue weighted by molar-refractivity contribution is 5.35. The summed E-state index contributed by atoms with van der Waals surface area (Å²) in [6, 6.07) is 0. The lowest BCUT2D eigenvalue weighted by Gasteiger charge is -2.18. The van der Waals surface area contributed by atoms with Gasteiger partial charge in [-0.2, -0.15) is 5.10 Å². The number of aromatic nitrogens is 2. The number of hydrogen-bond donors (Lipinski definition) is 1.